The molecule has 0 radical (unpaired) electrons. The van der Waals surface area contributed by atoms with Gasteiger partial charge in [-0.1, -0.05) is 0 Å². The van der Waals surface area contributed by atoms with E-state index in [2.05, 4.69) is 10.2 Å². The Balaban J connectivity index is 2.10. The zero-order valence-electron chi connectivity index (χ0n) is 9.62. The van der Waals surface area contributed by atoms with Crippen molar-refractivity contribution in [2.75, 3.05) is 0 Å². The number of ketones is 2. The van der Waals surface area contributed by atoms with Crippen LogP contribution in [0.4, 0.5) is 0 Å². The minimum Gasteiger partial charge on any atom is -0.294 e. The molecule has 0 spiro atoms. The Bertz CT molecular complexity index is 568. The standard InChI is InChI=1S/C11H12N4O2/c1-14-7-8(6-13-14)10(16)5-11(17)9-3-4-12-15(9)2/h3-4,6-7H,5H2,1-2H3. The molecule has 0 bridgehead atoms. The van der Waals surface area contributed by atoms with Gasteiger partial charge in [-0.25, -0.2) is 0 Å². The van der Waals surface area contributed by atoms with E-state index in [0.29, 0.717) is 11.3 Å². The normalized spacial score (nSPS) is 10.5. The Morgan fingerprint density at radius 3 is 2.53 bits per heavy atom. The van der Waals surface area contributed by atoms with Gasteiger partial charge < -0.3 is 0 Å². The maximum Gasteiger partial charge on any atom is 0.188 e. The van der Waals surface area contributed by atoms with E-state index in [1.807, 2.05) is 0 Å². The predicted molar refractivity (Wildman–Crippen MR) is 59.7 cm³/mol. The first kappa shape index (κ1) is 11.3. The van der Waals surface area contributed by atoms with Crippen LogP contribution in [-0.4, -0.2) is 31.1 Å². The largest absolute Gasteiger partial charge is 0.294 e. The number of hydrogen-bond donors (Lipinski definition) is 0. The van der Waals surface area contributed by atoms with Crippen molar-refractivity contribution < 1.29 is 9.59 Å². The summed E-state index contributed by atoms with van der Waals surface area (Å²) < 4.78 is 2.99. The number of hydrogen-bond acceptors (Lipinski definition) is 4. The fourth-order valence-corrected chi connectivity index (χ4v) is 1.55. The van der Waals surface area contributed by atoms with E-state index in [0.717, 1.165) is 0 Å². The van der Waals surface area contributed by atoms with Gasteiger partial charge in [-0.05, 0) is 6.07 Å². The molecule has 0 N–H and O–H groups in total. The molecule has 6 heteroatoms. The van der Waals surface area contributed by atoms with Gasteiger partial charge in [-0.2, -0.15) is 10.2 Å². The maximum atomic E-state index is 11.8. The maximum absolute atomic E-state index is 11.8. The van der Waals surface area contributed by atoms with Crippen molar-refractivity contribution >= 4 is 11.6 Å². The van der Waals surface area contributed by atoms with Crippen molar-refractivity contribution in [3.8, 4) is 0 Å². The topological polar surface area (TPSA) is 69.8 Å². The molecule has 0 fully saturated rings. The summed E-state index contributed by atoms with van der Waals surface area (Å²) in [5, 5.41) is 7.78. The lowest BCUT2D eigenvalue weighted by Crippen LogP contribution is -2.12. The van der Waals surface area contributed by atoms with Gasteiger partial charge in [-0.15, -0.1) is 0 Å². The first-order valence-electron chi connectivity index (χ1n) is 5.11. The molecular formula is C11H12N4O2. The van der Waals surface area contributed by atoms with Gasteiger partial charge in [0.2, 0.25) is 0 Å². The number of carbonyl (C=O) groups excluding carboxylic acids is 2. The molecule has 0 amide bonds. The van der Waals surface area contributed by atoms with E-state index < -0.39 is 0 Å². The smallest absolute Gasteiger partial charge is 0.188 e. The third-order valence-corrected chi connectivity index (χ3v) is 2.45. The molecule has 0 aliphatic carbocycles. The lowest BCUT2D eigenvalue weighted by molar-refractivity contribution is 0.0889. The molecule has 0 unspecified atom stereocenters. The van der Waals surface area contributed by atoms with Crippen molar-refractivity contribution in [1.82, 2.24) is 19.6 Å². The predicted octanol–water partition coefficient (Wildman–Crippen LogP) is 0.609. The van der Waals surface area contributed by atoms with Crippen LogP contribution in [0.3, 0.4) is 0 Å². The summed E-state index contributed by atoms with van der Waals surface area (Å²) >= 11 is 0. The van der Waals surface area contributed by atoms with Crippen LogP contribution in [0.2, 0.25) is 0 Å². The third kappa shape index (κ3) is 2.30. The average molecular weight is 232 g/mol. The van der Waals surface area contributed by atoms with Crippen molar-refractivity contribution in [3.63, 3.8) is 0 Å². The van der Waals surface area contributed by atoms with Crippen LogP contribution in [0.25, 0.3) is 0 Å². The van der Waals surface area contributed by atoms with Gasteiger partial charge >= 0.3 is 0 Å². The van der Waals surface area contributed by atoms with Crippen molar-refractivity contribution in [2.45, 2.75) is 6.42 Å². The van der Waals surface area contributed by atoms with Gasteiger partial charge in [0.25, 0.3) is 0 Å². The Hall–Kier alpha value is -2.24. The summed E-state index contributed by atoms with van der Waals surface area (Å²) in [5.74, 6) is -0.469. The molecule has 88 valence electrons. The summed E-state index contributed by atoms with van der Waals surface area (Å²) in [6.45, 7) is 0. The quantitative estimate of drug-likeness (QED) is 0.572. The monoisotopic (exact) mass is 232 g/mol. The van der Waals surface area contributed by atoms with E-state index in [4.69, 9.17) is 0 Å². The molecule has 2 aromatic heterocycles. The minimum atomic E-state index is -0.237. The van der Waals surface area contributed by atoms with Crippen LogP contribution < -0.4 is 0 Å². The van der Waals surface area contributed by atoms with Crippen LogP contribution >= 0.6 is 0 Å². The molecule has 6 nitrogen and oxygen atoms in total. The van der Waals surface area contributed by atoms with E-state index in [1.165, 1.54) is 21.8 Å². The highest BCUT2D eigenvalue weighted by Gasteiger charge is 2.16. The van der Waals surface area contributed by atoms with E-state index in [1.54, 1.807) is 26.4 Å². The molecule has 17 heavy (non-hydrogen) atoms. The third-order valence-electron chi connectivity index (χ3n) is 2.45. The fourth-order valence-electron chi connectivity index (χ4n) is 1.55. The Kier molecular flexibility index (Phi) is 2.86. The summed E-state index contributed by atoms with van der Waals surface area (Å²) in [5.41, 5.74) is 0.880. The first-order valence-corrected chi connectivity index (χ1v) is 5.11. The van der Waals surface area contributed by atoms with Gasteiger partial charge in [0.05, 0.1) is 18.2 Å². The SMILES string of the molecule is Cn1cc(C(=O)CC(=O)c2ccnn2C)cn1. The molecule has 0 saturated carbocycles. The molecule has 0 aromatic carbocycles. The highest BCUT2D eigenvalue weighted by atomic mass is 16.1. The second-order valence-electron chi connectivity index (χ2n) is 3.77. The summed E-state index contributed by atoms with van der Waals surface area (Å²) in [6.07, 6.45) is 4.42. The Morgan fingerprint density at radius 2 is 2.00 bits per heavy atom. The highest BCUT2D eigenvalue weighted by molar-refractivity contribution is 6.12. The van der Waals surface area contributed by atoms with Gasteiger partial charge in [-0.3, -0.25) is 19.0 Å². The molecule has 0 saturated heterocycles. The van der Waals surface area contributed by atoms with Gasteiger partial charge in [0, 0.05) is 26.5 Å². The summed E-state index contributed by atoms with van der Waals surface area (Å²) in [4.78, 5) is 23.6. The lowest BCUT2D eigenvalue weighted by Gasteiger charge is -1.99. The van der Waals surface area contributed by atoms with E-state index in [-0.39, 0.29) is 18.0 Å². The molecule has 0 aliphatic rings. The van der Waals surface area contributed by atoms with Crippen LogP contribution in [0.1, 0.15) is 27.3 Å². The molecular weight excluding hydrogens is 220 g/mol. The Morgan fingerprint density at radius 1 is 1.24 bits per heavy atom. The van der Waals surface area contributed by atoms with Gasteiger partial charge in [0.15, 0.2) is 11.6 Å². The second kappa shape index (κ2) is 4.32. The first-order chi connectivity index (χ1) is 8.08. The number of rotatable bonds is 4. The zero-order chi connectivity index (χ0) is 12.4. The molecule has 2 aromatic rings. The number of carbonyl (C=O) groups is 2. The number of nitrogens with zero attached hydrogens (tertiary/aromatic N) is 4. The van der Waals surface area contributed by atoms with Crippen LogP contribution in [0.15, 0.2) is 24.7 Å². The van der Waals surface area contributed by atoms with Crippen molar-refractivity contribution in [2.24, 2.45) is 14.1 Å². The minimum absolute atomic E-state index is 0.161. The summed E-state index contributed by atoms with van der Waals surface area (Å²) in [6, 6.07) is 1.60. The number of aryl methyl sites for hydroxylation is 2. The number of Topliss-reactive ketones (excluding diaryl/α,β-unsaturated/α-hetero) is 2. The molecule has 2 heterocycles. The Labute approximate surface area is 97.9 Å². The zero-order valence-corrected chi connectivity index (χ0v) is 9.62. The van der Waals surface area contributed by atoms with Crippen molar-refractivity contribution in [1.29, 1.82) is 0 Å². The second-order valence-corrected chi connectivity index (χ2v) is 3.77. The van der Waals surface area contributed by atoms with Gasteiger partial charge in [0.1, 0.15) is 5.69 Å². The van der Waals surface area contributed by atoms with Crippen LogP contribution in [-0.2, 0) is 14.1 Å². The summed E-state index contributed by atoms with van der Waals surface area (Å²) in [7, 11) is 3.39. The molecule has 0 atom stereocenters. The average Bonchev–Trinajstić information content (AvgIpc) is 2.86. The van der Waals surface area contributed by atoms with Crippen molar-refractivity contribution in [3.05, 3.63) is 35.9 Å². The van der Waals surface area contributed by atoms with Crippen LogP contribution in [0.5, 0.6) is 0 Å². The fraction of sp³-hybridized carbons (Fsp3) is 0.273. The molecule has 2 rings (SSSR count). The van der Waals surface area contributed by atoms with E-state index >= 15 is 0 Å². The van der Waals surface area contributed by atoms with E-state index in [9.17, 15) is 9.59 Å². The number of aromatic nitrogens is 4. The molecule has 0 aliphatic heterocycles. The highest BCUT2D eigenvalue weighted by Crippen LogP contribution is 2.07. The van der Waals surface area contributed by atoms with Crippen LogP contribution in [0, 0.1) is 0 Å². The lowest BCUT2D eigenvalue weighted by atomic mass is 10.1.